The number of nitrogens with one attached hydrogen (secondary N) is 2. The highest BCUT2D eigenvalue weighted by Gasteiger charge is 2.28. The molecule has 0 aromatic carbocycles. The predicted molar refractivity (Wildman–Crippen MR) is 66.0 cm³/mol. The molecule has 1 amide bonds. The number of hydrogen-bond donors (Lipinski definition) is 2. The zero-order valence-corrected chi connectivity index (χ0v) is 10.1. The lowest BCUT2D eigenvalue weighted by molar-refractivity contribution is -0.123. The van der Waals surface area contributed by atoms with E-state index in [4.69, 9.17) is 0 Å². The summed E-state index contributed by atoms with van der Waals surface area (Å²) in [6.45, 7) is 3.45. The van der Waals surface area contributed by atoms with E-state index in [0.717, 1.165) is 18.8 Å². The molecule has 1 aromatic heterocycles. The van der Waals surface area contributed by atoms with Crippen LogP contribution in [0, 0.1) is 0 Å². The number of anilines is 2. The number of nitrogens with zero attached hydrogens (tertiary/aromatic N) is 3. The highest BCUT2D eigenvalue weighted by atomic mass is 16.2. The van der Waals surface area contributed by atoms with Crippen molar-refractivity contribution in [2.75, 3.05) is 30.4 Å². The van der Waals surface area contributed by atoms with Crippen molar-refractivity contribution in [3.05, 3.63) is 12.3 Å². The minimum atomic E-state index is -0.136. The second-order valence-corrected chi connectivity index (χ2v) is 3.90. The van der Waals surface area contributed by atoms with Gasteiger partial charge < -0.3 is 15.5 Å². The fourth-order valence-electron chi connectivity index (χ4n) is 2.02. The van der Waals surface area contributed by atoms with Crippen molar-refractivity contribution in [3.63, 3.8) is 0 Å². The molecule has 1 aromatic rings. The van der Waals surface area contributed by atoms with Crippen LogP contribution < -0.4 is 15.5 Å². The monoisotopic (exact) mass is 235 g/mol. The Morgan fingerprint density at radius 2 is 2.47 bits per heavy atom. The van der Waals surface area contributed by atoms with Crippen LogP contribution in [0.25, 0.3) is 0 Å². The Hall–Kier alpha value is -1.85. The fourth-order valence-corrected chi connectivity index (χ4v) is 2.02. The molecule has 6 heteroatoms. The number of aromatic nitrogens is 2. The van der Waals surface area contributed by atoms with Crippen molar-refractivity contribution in [1.82, 2.24) is 15.3 Å². The molecule has 0 aliphatic carbocycles. The minimum absolute atomic E-state index is 0.0726. The van der Waals surface area contributed by atoms with Crippen molar-refractivity contribution in [3.8, 4) is 0 Å². The SMILES string of the molecule is CCC1C(=O)NCCN1c1ccnc(NC)n1. The lowest BCUT2D eigenvalue weighted by Crippen LogP contribution is -2.55. The predicted octanol–water partition coefficient (Wildman–Crippen LogP) is 0.233. The third-order valence-electron chi connectivity index (χ3n) is 2.88. The molecule has 0 saturated carbocycles. The van der Waals surface area contributed by atoms with Crippen LogP contribution in [0.4, 0.5) is 11.8 Å². The van der Waals surface area contributed by atoms with Crippen LogP contribution in [-0.4, -0.2) is 42.1 Å². The average molecular weight is 235 g/mol. The van der Waals surface area contributed by atoms with Gasteiger partial charge >= 0.3 is 0 Å². The highest BCUT2D eigenvalue weighted by Crippen LogP contribution is 2.18. The number of hydrogen-bond acceptors (Lipinski definition) is 5. The first-order valence-electron chi connectivity index (χ1n) is 5.81. The summed E-state index contributed by atoms with van der Waals surface area (Å²) in [7, 11) is 1.78. The van der Waals surface area contributed by atoms with Gasteiger partial charge in [0.15, 0.2) is 0 Å². The Kier molecular flexibility index (Phi) is 3.41. The summed E-state index contributed by atoms with van der Waals surface area (Å²) >= 11 is 0. The molecular weight excluding hydrogens is 218 g/mol. The molecular formula is C11H17N5O. The quantitative estimate of drug-likeness (QED) is 0.785. The Morgan fingerprint density at radius 3 is 3.18 bits per heavy atom. The average Bonchev–Trinajstić information content (AvgIpc) is 2.38. The third kappa shape index (κ3) is 2.30. The van der Waals surface area contributed by atoms with Crippen molar-refractivity contribution < 1.29 is 4.79 Å². The van der Waals surface area contributed by atoms with Crippen LogP contribution >= 0.6 is 0 Å². The van der Waals surface area contributed by atoms with Gasteiger partial charge in [0.2, 0.25) is 11.9 Å². The van der Waals surface area contributed by atoms with Crippen LogP contribution in [0.15, 0.2) is 12.3 Å². The molecule has 17 heavy (non-hydrogen) atoms. The maximum atomic E-state index is 11.8. The van der Waals surface area contributed by atoms with E-state index in [2.05, 4.69) is 20.6 Å². The molecule has 2 heterocycles. The zero-order valence-electron chi connectivity index (χ0n) is 10.1. The maximum Gasteiger partial charge on any atom is 0.242 e. The summed E-state index contributed by atoms with van der Waals surface area (Å²) in [6, 6.07) is 1.70. The lowest BCUT2D eigenvalue weighted by atomic mass is 10.1. The van der Waals surface area contributed by atoms with Crippen LogP contribution in [0.1, 0.15) is 13.3 Å². The standard InChI is InChI=1S/C11H17N5O/c1-3-8-10(17)13-6-7-16(8)9-4-5-14-11(12-2)15-9/h4-5,8H,3,6-7H2,1-2H3,(H,13,17)(H,12,14,15). The highest BCUT2D eigenvalue weighted by molar-refractivity contribution is 5.86. The van der Waals surface area contributed by atoms with E-state index in [-0.39, 0.29) is 11.9 Å². The van der Waals surface area contributed by atoms with Gasteiger partial charge in [0.05, 0.1) is 0 Å². The number of rotatable bonds is 3. The summed E-state index contributed by atoms with van der Waals surface area (Å²) in [4.78, 5) is 22.2. The summed E-state index contributed by atoms with van der Waals surface area (Å²) in [5.74, 6) is 1.44. The van der Waals surface area contributed by atoms with E-state index in [1.165, 1.54) is 0 Å². The maximum absolute atomic E-state index is 11.8. The van der Waals surface area contributed by atoms with E-state index >= 15 is 0 Å². The number of piperazine rings is 1. The van der Waals surface area contributed by atoms with Gasteiger partial charge in [0.1, 0.15) is 11.9 Å². The molecule has 0 spiro atoms. The van der Waals surface area contributed by atoms with Gasteiger partial charge in [0.25, 0.3) is 0 Å². The Morgan fingerprint density at radius 1 is 1.65 bits per heavy atom. The Bertz CT molecular complexity index is 409. The first kappa shape index (κ1) is 11.6. The molecule has 0 bridgehead atoms. The van der Waals surface area contributed by atoms with E-state index in [0.29, 0.717) is 12.5 Å². The van der Waals surface area contributed by atoms with E-state index in [1.54, 1.807) is 13.2 Å². The molecule has 1 atom stereocenters. The second-order valence-electron chi connectivity index (χ2n) is 3.90. The van der Waals surface area contributed by atoms with Crippen molar-refractivity contribution in [2.24, 2.45) is 0 Å². The van der Waals surface area contributed by atoms with Crippen molar-refractivity contribution in [2.45, 2.75) is 19.4 Å². The fraction of sp³-hybridized carbons (Fsp3) is 0.545. The van der Waals surface area contributed by atoms with E-state index in [9.17, 15) is 4.79 Å². The normalized spacial score (nSPS) is 20.0. The van der Waals surface area contributed by atoms with Gasteiger partial charge in [-0.15, -0.1) is 0 Å². The van der Waals surface area contributed by atoms with Crippen molar-refractivity contribution in [1.29, 1.82) is 0 Å². The number of carbonyl (C=O) groups excluding carboxylic acids is 1. The van der Waals surface area contributed by atoms with Crippen LogP contribution in [0.5, 0.6) is 0 Å². The van der Waals surface area contributed by atoms with Gasteiger partial charge in [-0.05, 0) is 12.5 Å². The lowest BCUT2D eigenvalue weighted by Gasteiger charge is -2.35. The van der Waals surface area contributed by atoms with Crippen LogP contribution in [-0.2, 0) is 4.79 Å². The van der Waals surface area contributed by atoms with Crippen LogP contribution in [0.3, 0.4) is 0 Å². The molecule has 2 N–H and O–H groups in total. The molecule has 1 unspecified atom stereocenters. The topological polar surface area (TPSA) is 70.2 Å². The van der Waals surface area contributed by atoms with Gasteiger partial charge in [0, 0.05) is 26.3 Å². The molecule has 1 fully saturated rings. The second kappa shape index (κ2) is 4.99. The zero-order chi connectivity index (χ0) is 12.3. The summed E-state index contributed by atoms with van der Waals surface area (Å²) < 4.78 is 0. The van der Waals surface area contributed by atoms with Gasteiger partial charge in [-0.3, -0.25) is 4.79 Å². The van der Waals surface area contributed by atoms with E-state index < -0.39 is 0 Å². The smallest absolute Gasteiger partial charge is 0.242 e. The minimum Gasteiger partial charge on any atom is -0.357 e. The molecule has 1 aliphatic heterocycles. The molecule has 1 aliphatic rings. The Balaban J connectivity index is 2.27. The third-order valence-corrected chi connectivity index (χ3v) is 2.88. The van der Waals surface area contributed by atoms with Crippen molar-refractivity contribution >= 4 is 17.7 Å². The van der Waals surface area contributed by atoms with E-state index in [1.807, 2.05) is 17.9 Å². The molecule has 1 saturated heterocycles. The molecule has 92 valence electrons. The number of amides is 1. The summed E-state index contributed by atoms with van der Waals surface area (Å²) in [5, 5.41) is 5.77. The van der Waals surface area contributed by atoms with Crippen LogP contribution in [0.2, 0.25) is 0 Å². The van der Waals surface area contributed by atoms with Gasteiger partial charge in [-0.2, -0.15) is 4.98 Å². The largest absolute Gasteiger partial charge is 0.357 e. The first-order valence-corrected chi connectivity index (χ1v) is 5.81. The Labute approximate surface area is 100 Å². The summed E-state index contributed by atoms with van der Waals surface area (Å²) in [6.07, 6.45) is 2.47. The summed E-state index contributed by atoms with van der Waals surface area (Å²) in [5.41, 5.74) is 0. The molecule has 0 radical (unpaired) electrons. The first-order chi connectivity index (χ1) is 8.26. The van der Waals surface area contributed by atoms with Gasteiger partial charge in [-0.1, -0.05) is 6.92 Å². The number of carbonyl (C=O) groups is 1. The molecule has 6 nitrogen and oxygen atoms in total. The van der Waals surface area contributed by atoms with Gasteiger partial charge in [-0.25, -0.2) is 4.98 Å². The molecule has 2 rings (SSSR count).